The van der Waals surface area contributed by atoms with Crippen molar-refractivity contribution in [1.29, 1.82) is 0 Å². The fourth-order valence-corrected chi connectivity index (χ4v) is 4.92. The smallest absolute Gasteiger partial charge is 0.381 e. The summed E-state index contributed by atoms with van der Waals surface area (Å²) >= 11 is 5.46. The summed E-state index contributed by atoms with van der Waals surface area (Å²) in [7, 11) is 0. The van der Waals surface area contributed by atoms with E-state index >= 15 is 0 Å². The van der Waals surface area contributed by atoms with E-state index in [-0.39, 0.29) is 6.04 Å². The van der Waals surface area contributed by atoms with Crippen molar-refractivity contribution in [2.45, 2.75) is 56.5 Å². The molecule has 2 N–H and O–H groups in total. The first-order valence-electron chi connectivity index (χ1n) is 11.9. The Morgan fingerprint density at radius 1 is 1.25 bits per heavy atom. The quantitative estimate of drug-likeness (QED) is 0.385. The monoisotopic (exact) mass is 543 g/mol. The molecular formula is C24H29ClF3N5O2S. The van der Waals surface area contributed by atoms with Crippen LogP contribution in [0, 0.1) is 5.92 Å². The van der Waals surface area contributed by atoms with Gasteiger partial charge in [0.15, 0.2) is 5.82 Å². The molecule has 0 spiro atoms. The zero-order chi connectivity index (χ0) is 25.9. The molecule has 7 nitrogen and oxygen atoms in total. The highest BCUT2D eigenvalue weighted by Gasteiger charge is 2.52. The lowest BCUT2D eigenvalue weighted by atomic mass is 9.96. The van der Waals surface area contributed by atoms with Crippen LogP contribution >= 0.6 is 23.5 Å². The number of hydrogen-bond acceptors (Lipinski definition) is 7. The summed E-state index contributed by atoms with van der Waals surface area (Å²) in [5.41, 5.74) is -4.38. The lowest BCUT2D eigenvalue weighted by molar-refractivity contribution is -0.122. The van der Waals surface area contributed by atoms with Gasteiger partial charge in [0.1, 0.15) is 5.82 Å². The number of nitrogens with zero attached hydrogens (tertiary/aromatic N) is 3. The van der Waals surface area contributed by atoms with Gasteiger partial charge in [0, 0.05) is 38.2 Å². The Bertz CT molecular complexity index is 1060. The Kier molecular flexibility index (Phi) is 8.21. The highest BCUT2D eigenvalue weighted by molar-refractivity contribution is 7.98. The normalized spacial score (nSPS) is 17.6. The van der Waals surface area contributed by atoms with Crippen molar-refractivity contribution in [1.82, 2.24) is 14.7 Å². The summed E-state index contributed by atoms with van der Waals surface area (Å²) in [6.07, 6.45) is 5.76. The van der Waals surface area contributed by atoms with E-state index < -0.39 is 28.8 Å². The minimum absolute atomic E-state index is 0.222. The fourth-order valence-electron chi connectivity index (χ4n) is 4.40. The van der Waals surface area contributed by atoms with Gasteiger partial charge in [-0.15, -0.1) is 0 Å². The van der Waals surface area contributed by atoms with Crippen molar-refractivity contribution in [3.05, 3.63) is 41.2 Å². The van der Waals surface area contributed by atoms with Gasteiger partial charge >= 0.3 is 5.51 Å². The van der Waals surface area contributed by atoms with Crippen LogP contribution < -0.4 is 14.9 Å². The maximum absolute atomic E-state index is 12.8. The van der Waals surface area contributed by atoms with Crippen LogP contribution in [-0.4, -0.2) is 47.2 Å². The van der Waals surface area contributed by atoms with E-state index in [0.717, 1.165) is 19.4 Å². The molecule has 4 rings (SSSR count). The van der Waals surface area contributed by atoms with Crippen molar-refractivity contribution < 1.29 is 22.7 Å². The number of alkyl halides is 3. The Morgan fingerprint density at radius 3 is 2.56 bits per heavy atom. The van der Waals surface area contributed by atoms with Crippen molar-refractivity contribution >= 4 is 46.8 Å². The third kappa shape index (κ3) is 6.54. The first-order valence-corrected chi connectivity index (χ1v) is 13.1. The number of anilines is 3. The molecule has 1 aliphatic carbocycles. The van der Waals surface area contributed by atoms with E-state index in [4.69, 9.17) is 21.3 Å². The van der Waals surface area contributed by atoms with Crippen LogP contribution in [-0.2, 0) is 14.9 Å². The molecule has 0 bridgehead atoms. The predicted octanol–water partition coefficient (Wildman–Crippen LogP) is 5.83. The molecule has 1 saturated heterocycles. The minimum atomic E-state index is -4.55. The number of nitrogens with one attached hydrogen (secondary N) is 2. The van der Waals surface area contributed by atoms with E-state index in [1.165, 1.54) is 6.20 Å². The summed E-state index contributed by atoms with van der Waals surface area (Å²) in [4.78, 5) is 24.1. The van der Waals surface area contributed by atoms with E-state index in [2.05, 4.69) is 29.0 Å². The summed E-state index contributed by atoms with van der Waals surface area (Å²) in [5, 5.41) is 3.80. The summed E-state index contributed by atoms with van der Waals surface area (Å²) in [5.74, 6) is 0.934. The zero-order valence-corrected chi connectivity index (χ0v) is 21.6. The number of amides is 1. The Hall–Kier alpha value is -2.24. The van der Waals surface area contributed by atoms with Gasteiger partial charge in [-0.3, -0.25) is 9.52 Å². The highest BCUT2D eigenvalue weighted by Crippen LogP contribution is 2.50. The molecule has 2 fully saturated rings. The third-order valence-corrected chi connectivity index (χ3v) is 7.06. The fraction of sp³-hybridized carbons (Fsp3) is 0.542. The molecule has 1 saturated carbocycles. The van der Waals surface area contributed by atoms with E-state index in [0.29, 0.717) is 59.9 Å². The average Bonchev–Trinajstić information content (AvgIpc) is 3.65. The molecular weight excluding hydrogens is 515 g/mol. The molecule has 2 aromatic rings. The van der Waals surface area contributed by atoms with Crippen LogP contribution in [0.3, 0.4) is 0 Å². The molecule has 1 amide bonds. The summed E-state index contributed by atoms with van der Waals surface area (Å²) in [6, 6.07) is 5.48. The van der Waals surface area contributed by atoms with Crippen LogP contribution in [0.15, 0.2) is 30.6 Å². The standard InChI is InChI=1S/C24H29ClF3N5O2S/c1-15(2)14-33(18-5-9-35-10-6-18)21-19(31-20-4-3-17(25)13-29-20)11-16(12-30-21)23(7-8-23)22(34)32-36-24(26,27)28/h3-4,11-13,15,18H,5-10,14H2,1-2H3,(H,29,31)(H,32,34). The topological polar surface area (TPSA) is 79.4 Å². The Labute approximate surface area is 217 Å². The molecule has 0 radical (unpaired) electrons. The van der Waals surface area contributed by atoms with Gasteiger partial charge in [0.25, 0.3) is 0 Å². The second kappa shape index (κ2) is 11.0. The molecule has 196 valence electrons. The van der Waals surface area contributed by atoms with Gasteiger partial charge in [-0.25, -0.2) is 9.97 Å². The molecule has 0 unspecified atom stereocenters. The SMILES string of the molecule is CC(C)CN(c1ncc(C2(C(=O)NSC(F)(F)F)CC2)cc1Nc1ccc(Cl)cn1)C1CCOCC1. The number of rotatable bonds is 9. The number of pyridine rings is 2. The molecule has 1 aliphatic heterocycles. The number of carbonyl (C=O) groups excluding carboxylic acids is 1. The Morgan fingerprint density at radius 2 is 1.97 bits per heavy atom. The number of hydrogen-bond donors (Lipinski definition) is 2. The van der Waals surface area contributed by atoms with E-state index in [1.54, 1.807) is 18.3 Å². The lowest BCUT2D eigenvalue weighted by Crippen LogP contribution is -2.42. The first-order chi connectivity index (χ1) is 17.1. The first kappa shape index (κ1) is 26.8. The van der Waals surface area contributed by atoms with Crippen LogP contribution in [0.5, 0.6) is 0 Å². The predicted molar refractivity (Wildman–Crippen MR) is 135 cm³/mol. The van der Waals surface area contributed by atoms with Crippen molar-refractivity contribution in [2.24, 2.45) is 5.92 Å². The van der Waals surface area contributed by atoms with Gasteiger partial charge < -0.3 is 15.0 Å². The Balaban J connectivity index is 1.70. The van der Waals surface area contributed by atoms with Gasteiger partial charge in [-0.1, -0.05) is 25.4 Å². The molecule has 2 aromatic heterocycles. The molecule has 36 heavy (non-hydrogen) atoms. The molecule has 2 aliphatic rings. The number of aromatic nitrogens is 2. The van der Waals surface area contributed by atoms with Crippen molar-refractivity contribution in [3.63, 3.8) is 0 Å². The number of ether oxygens (including phenoxy) is 1. The second-order valence-electron chi connectivity index (χ2n) is 9.53. The maximum atomic E-state index is 12.8. The van der Waals surface area contributed by atoms with Crippen LogP contribution in [0.25, 0.3) is 0 Å². The van der Waals surface area contributed by atoms with Gasteiger partial charge in [0.2, 0.25) is 5.91 Å². The molecule has 3 heterocycles. The highest BCUT2D eigenvalue weighted by atomic mass is 35.5. The average molecular weight is 544 g/mol. The molecule has 12 heteroatoms. The van der Waals surface area contributed by atoms with E-state index in [9.17, 15) is 18.0 Å². The van der Waals surface area contributed by atoms with Crippen LogP contribution in [0.4, 0.5) is 30.5 Å². The molecule has 0 aromatic carbocycles. The van der Waals surface area contributed by atoms with Crippen LogP contribution in [0.2, 0.25) is 5.02 Å². The van der Waals surface area contributed by atoms with Gasteiger partial charge in [-0.05, 0) is 55.4 Å². The lowest BCUT2D eigenvalue weighted by Gasteiger charge is -2.37. The zero-order valence-electron chi connectivity index (χ0n) is 20.1. The van der Waals surface area contributed by atoms with E-state index in [1.807, 2.05) is 10.8 Å². The number of carbonyl (C=O) groups is 1. The van der Waals surface area contributed by atoms with Gasteiger partial charge in [0.05, 0.1) is 28.1 Å². The van der Waals surface area contributed by atoms with Crippen molar-refractivity contribution in [2.75, 3.05) is 30.0 Å². The van der Waals surface area contributed by atoms with Crippen molar-refractivity contribution in [3.8, 4) is 0 Å². The largest absolute Gasteiger partial charge is 0.461 e. The maximum Gasteiger partial charge on any atom is 0.461 e. The summed E-state index contributed by atoms with van der Waals surface area (Å²) in [6.45, 7) is 6.36. The molecule has 0 atom stereocenters. The minimum Gasteiger partial charge on any atom is -0.381 e. The second-order valence-corrected chi connectivity index (χ2v) is 10.8. The summed E-state index contributed by atoms with van der Waals surface area (Å²) < 4.78 is 45.6. The van der Waals surface area contributed by atoms with Crippen LogP contribution in [0.1, 0.15) is 45.1 Å². The third-order valence-electron chi connectivity index (χ3n) is 6.32. The van der Waals surface area contributed by atoms with Gasteiger partial charge in [-0.2, -0.15) is 13.2 Å². The number of halogens is 4.